The van der Waals surface area contributed by atoms with Gasteiger partial charge in [0.2, 0.25) is 0 Å². The van der Waals surface area contributed by atoms with E-state index in [1.165, 1.54) is 12.1 Å². The number of methoxy groups -OCH3 is 1. The fraction of sp³-hybridized carbons (Fsp3) is 0.417. The Bertz CT molecular complexity index is 394. The van der Waals surface area contributed by atoms with Gasteiger partial charge >= 0.3 is 5.97 Å². The monoisotopic (exact) mass is 318 g/mol. The van der Waals surface area contributed by atoms with E-state index >= 15 is 0 Å². The molecule has 0 aliphatic heterocycles. The summed E-state index contributed by atoms with van der Waals surface area (Å²) in [5.74, 6) is -0.375. The van der Waals surface area contributed by atoms with Crippen LogP contribution in [0.4, 0.5) is 0 Å². The first-order chi connectivity index (χ1) is 8.65. The SMILES string of the molecule is COCCOCCOc1ccc(C(=O)O)cc1Br. The Morgan fingerprint density at radius 2 is 2.00 bits per heavy atom. The molecule has 18 heavy (non-hydrogen) atoms. The van der Waals surface area contributed by atoms with Gasteiger partial charge in [0.05, 0.1) is 29.9 Å². The van der Waals surface area contributed by atoms with Crippen LogP contribution in [0.2, 0.25) is 0 Å². The predicted molar refractivity (Wildman–Crippen MR) is 69.3 cm³/mol. The highest BCUT2D eigenvalue weighted by molar-refractivity contribution is 9.10. The standard InChI is InChI=1S/C12H15BrO5/c1-16-4-5-17-6-7-18-11-3-2-9(12(14)15)8-10(11)13/h2-3,8H,4-7H2,1H3,(H,14,15). The molecule has 0 spiro atoms. The third-order valence-corrected chi connectivity index (χ3v) is 2.72. The molecule has 0 saturated heterocycles. The number of carbonyl (C=O) groups is 1. The summed E-state index contributed by atoms with van der Waals surface area (Å²) in [6.07, 6.45) is 0. The largest absolute Gasteiger partial charge is 0.490 e. The van der Waals surface area contributed by atoms with Gasteiger partial charge in [-0.15, -0.1) is 0 Å². The van der Waals surface area contributed by atoms with Crippen molar-refractivity contribution in [3.8, 4) is 5.75 Å². The first-order valence-electron chi connectivity index (χ1n) is 5.37. The molecule has 0 radical (unpaired) electrons. The van der Waals surface area contributed by atoms with Crippen molar-refractivity contribution >= 4 is 21.9 Å². The summed E-state index contributed by atoms with van der Waals surface area (Å²) >= 11 is 3.26. The van der Waals surface area contributed by atoms with E-state index in [1.807, 2.05) is 0 Å². The number of rotatable bonds is 8. The predicted octanol–water partition coefficient (Wildman–Crippen LogP) is 2.19. The van der Waals surface area contributed by atoms with Gasteiger partial charge in [-0.3, -0.25) is 0 Å². The van der Waals surface area contributed by atoms with Crippen molar-refractivity contribution in [2.24, 2.45) is 0 Å². The number of carboxylic acids is 1. The van der Waals surface area contributed by atoms with E-state index in [0.717, 1.165) is 0 Å². The average Bonchev–Trinajstić information content (AvgIpc) is 2.35. The van der Waals surface area contributed by atoms with Crippen LogP contribution in [0.25, 0.3) is 0 Å². The molecule has 0 aliphatic carbocycles. The topological polar surface area (TPSA) is 65.0 Å². The minimum atomic E-state index is -0.967. The van der Waals surface area contributed by atoms with E-state index in [1.54, 1.807) is 13.2 Å². The summed E-state index contributed by atoms with van der Waals surface area (Å²) in [6, 6.07) is 4.61. The molecule has 0 saturated carbocycles. The second-order valence-corrected chi connectivity index (χ2v) is 4.26. The molecule has 0 atom stereocenters. The molecule has 0 fully saturated rings. The zero-order chi connectivity index (χ0) is 13.4. The van der Waals surface area contributed by atoms with Gasteiger partial charge in [-0.25, -0.2) is 4.79 Å². The molecule has 1 rings (SSSR count). The van der Waals surface area contributed by atoms with Crippen LogP contribution in [0.3, 0.4) is 0 Å². The van der Waals surface area contributed by atoms with Gasteiger partial charge in [0, 0.05) is 7.11 Å². The molecular weight excluding hydrogens is 304 g/mol. The van der Waals surface area contributed by atoms with Crippen LogP contribution in [0.1, 0.15) is 10.4 Å². The van der Waals surface area contributed by atoms with Gasteiger partial charge in [0.1, 0.15) is 12.4 Å². The number of hydrogen-bond donors (Lipinski definition) is 1. The maximum Gasteiger partial charge on any atom is 0.335 e. The first-order valence-corrected chi connectivity index (χ1v) is 6.16. The quantitative estimate of drug-likeness (QED) is 0.744. The van der Waals surface area contributed by atoms with Gasteiger partial charge in [-0.2, -0.15) is 0 Å². The second-order valence-electron chi connectivity index (χ2n) is 3.40. The zero-order valence-electron chi connectivity index (χ0n) is 10.0. The van der Waals surface area contributed by atoms with Gasteiger partial charge in [0.15, 0.2) is 0 Å². The molecule has 6 heteroatoms. The molecule has 1 N–H and O–H groups in total. The Balaban J connectivity index is 2.36. The van der Waals surface area contributed by atoms with E-state index < -0.39 is 5.97 Å². The van der Waals surface area contributed by atoms with Crippen LogP contribution in [-0.4, -0.2) is 44.6 Å². The van der Waals surface area contributed by atoms with E-state index in [2.05, 4.69) is 15.9 Å². The van der Waals surface area contributed by atoms with Crippen molar-refractivity contribution in [3.63, 3.8) is 0 Å². The van der Waals surface area contributed by atoms with E-state index in [9.17, 15) is 4.79 Å². The molecule has 5 nitrogen and oxygen atoms in total. The maximum atomic E-state index is 10.7. The molecule has 0 heterocycles. The van der Waals surface area contributed by atoms with E-state index in [-0.39, 0.29) is 5.56 Å². The molecule has 0 unspecified atom stereocenters. The van der Waals surface area contributed by atoms with Crippen molar-refractivity contribution in [2.75, 3.05) is 33.5 Å². The Labute approximate surface area is 114 Å². The molecule has 0 aromatic heterocycles. The normalized spacial score (nSPS) is 10.3. The fourth-order valence-corrected chi connectivity index (χ4v) is 1.70. The smallest absolute Gasteiger partial charge is 0.335 e. The number of halogens is 1. The lowest BCUT2D eigenvalue weighted by Gasteiger charge is -2.09. The number of hydrogen-bond acceptors (Lipinski definition) is 4. The van der Waals surface area contributed by atoms with Gasteiger partial charge in [-0.1, -0.05) is 0 Å². The number of ether oxygens (including phenoxy) is 3. The summed E-state index contributed by atoms with van der Waals surface area (Å²) < 4.78 is 16.1. The lowest BCUT2D eigenvalue weighted by atomic mass is 10.2. The molecule has 100 valence electrons. The highest BCUT2D eigenvalue weighted by atomic mass is 79.9. The first kappa shape index (κ1) is 14.9. The van der Waals surface area contributed by atoms with Crippen LogP contribution in [0.5, 0.6) is 5.75 Å². The molecule has 1 aromatic rings. The Hall–Kier alpha value is -1.11. The summed E-state index contributed by atoms with van der Waals surface area (Å²) in [4.78, 5) is 10.7. The molecule has 1 aromatic carbocycles. The van der Waals surface area contributed by atoms with Crippen LogP contribution >= 0.6 is 15.9 Å². The van der Waals surface area contributed by atoms with E-state index in [4.69, 9.17) is 19.3 Å². The summed E-state index contributed by atoms with van der Waals surface area (Å²) in [6.45, 7) is 1.93. The third kappa shape index (κ3) is 5.03. The van der Waals surface area contributed by atoms with Crippen LogP contribution in [0.15, 0.2) is 22.7 Å². The minimum Gasteiger partial charge on any atom is -0.490 e. The number of benzene rings is 1. The van der Waals surface area contributed by atoms with Gasteiger partial charge in [0.25, 0.3) is 0 Å². The van der Waals surface area contributed by atoms with Crippen molar-refractivity contribution in [2.45, 2.75) is 0 Å². The Morgan fingerprint density at radius 3 is 2.61 bits per heavy atom. The zero-order valence-corrected chi connectivity index (χ0v) is 11.6. The van der Waals surface area contributed by atoms with Crippen molar-refractivity contribution < 1.29 is 24.1 Å². The van der Waals surface area contributed by atoms with Crippen LogP contribution < -0.4 is 4.74 Å². The Kier molecular flexibility index (Phi) is 6.70. The average molecular weight is 319 g/mol. The van der Waals surface area contributed by atoms with Crippen molar-refractivity contribution in [1.82, 2.24) is 0 Å². The summed E-state index contributed by atoms with van der Waals surface area (Å²) in [5.41, 5.74) is 0.213. The lowest BCUT2D eigenvalue weighted by molar-refractivity contribution is 0.0543. The van der Waals surface area contributed by atoms with Gasteiger partial charge < -0.3 is 19.3 Å². The maximum absolute atomic E-state index is 10.7. The highest BCUT2D eigenvalue weighted by Gasteiger charge is 2.07. The minimum absolute atomic E-state index is 0.213. The van der Waals surface area contributed by atoms with Gasteiger partial charge in [-0.05, 0) is 34.1 Å². The lowest BCUT2D eigenvalue weighted by Crippen LogP contribution is -2.10. The number of carboxylic acid groups (broad SMARTS) is 1. The van der Waals surface area contributed by atoms with Crippen LogP contribution in [-0.2, 0) is 9.47 Å². The van der Waals surface area contributed by atoms with Crippen molar-refractivity contribution in [3.05, 3.63) is 28.2 Å². The highest BCUT2D eigenvalue weighted by Crippen LogP contribution is 2.25. The molecular formula is C12H15BrO5. The van der Waals surface area contributed by atoms with Crippen molar-refractivity contribution in [1.29, 1.82) is 0 Å². The van der Waals surface area contributed by atoms with E-state index in [0.29, 0.717) is 36.6 Å². The fourth-order valence-electron chi connectivity index (χ4n) is 1.21. The Morgan fingerprint density at radius 1 is 1.28 bits per heavy atom. The summed E-state index contributed by atoms with van der Waals surface area (Å²) in [5, 5.41) is 8.80. The molecule has 0 bridgehead atoms. The second kappa shape index (κ2) is 8.07. The molecule has 0 amide bonds. The summed E-state index contributed by atoms with van der Waals surface area (Å²) in [7, 11) is 1.61. The molecule has 0 aliphatic rings. The third-order valence-electron chi connectivity index (χ3n) is 2.10. The number of aromatic carboxylic acids is 1. The van der Waals surface area contributed by atoms with Crippen LogP contribution in [0, 0.1) is 0 Å².